The number of nitrogens with one attached hydrogen (secondary N) is 1. The number of halogens is 1. The van der Waals surface area contributed by atoms with Gasteiger partial charge in [-0.1, -0.05) is 0 Å². The highest BCUT2D eigenvalue weighted by molar-refractivity contribution is 6.11. The van der Waals surface area contributed by atoms with Crippen LogP contribution in [-0.4, -0.2) is 23.3 Å². The van der Waals surface area contributed by atoms with E-state index in [4.69, 9.17) is 0 Å². The monoisotopic (exact) mass is 179 g/mol. The van der Waals surface area contributed by atoms with Crippen molar-refractivity contribution < 1.29 is 9.18 Å². The number of amidine groups is 1. The van der Waals surface area contributed by atoms with Crippen molar-refractivity contribution in [2.24, 2.45) is 4.99 Å². The summed E-state index contributed by atoms with van der Waals surface area (Å²) in [4.78, 5) is 18.4. The van der Waals surface area contributed by atoms with E-state index in [0.717, 1.165) is 6.20 Å². The lowest BCUT2D eigenvalue weighted by molar-refractivity contribution is -0.117. The zero-order chi connectivity index (χ0) is 9.26. The van der Waals surface area contributed by atoms with Gasteiger partial charge in [-0.2, -0.15) is 0 Å². The first kappa shape index (κ1) is 7.85. The number of nitrogens with zero attached hydrogens (tertiary/aromatic N) is 2. The molecule has 2 heterocycles. The van der Waals surface area contributed by atoms with Gasteiger partial charge in [-0.15, -0.1) is 0 Å². The van der Waals surface area contributed by atoms with E-state index < -0.39 is 5.82 Å². The Balaban J connectivity index is 2.27. The molecule has 0 saturated carbocycles. The minimum absolute atomic E-state index is 0.119. The van der Waals surface area contributed by atoms with E-state index >= 15 is 0 Å². The molecule has 1 N–H and O–H groups in total. The number of pyridine rings is 1. The summed E-state index contributed by atoms with van der Waals surface area (Å²) in [7, 11) is 0. The predicted molar refractivity (Wildman–Crippen MR) is 43.7 cm³/mol. The second kappa shape index (κ2) is 2.93. The molecule has 66 valence electrons. The molecule has 1 aromatic heterocycles. The molecule has 0 radical (unpaired) electrons. The molecule has 2 rings (SSSR count). The Morgan fingerprint density at radius 1 is 1.46 bits per heavy atom. The molecule has 0 atom stereocenters. The van der Waals surface area contributed by atoms with Crippen LogP contribution in [0.2, 0.25) is 0 Å². The number of carbonyl (C=O) groups excluding carboxylic acids is 1. The topological polar surface area (TPSA) is 54.4 Å². The molecule has 0 bridgehead atoms. The molecule has 1 amide bonds. The lowest BCUT2D eigenvalue weighted by Crippen LogP contribution is -2.25. The summed E-state index contributed by atoms with van der Waals surface area (Å²) >= 11 is 0. The molecule has 1 aromatic rings. The zero-order valence-corrected chi connectivity index (χ0v) is 6.62. The van der Waals surface area contributed by atoms with Crippen LogP contribution in [0.3, 0.4) is 0 Å². The highest BCUT2D eigenvalue weighted by Crippen LogP contribution is 2.01. The van der Waals surface area contributed by atoms with Gasteiger partial charge in [0.2, 0.25) is 5.91 Å². The van der Waals surface area contributed by atoms with Crippen molar-refractivity contribution in [3.63, 3.8) is 0 Å². The summed E-state index contributed by atoms with van der Waals surface area (Å²) in [6.07, 6.45) is 1.09. The molecule has 0 saturated heterocycles. The van der Waals surface area contributed by atoms with Gasteiger partial charge in [-0.25, -0.2) is 9.37 Å². The molecule has 4 nitrogen and oxygen atoms in total. The molecule has 0 spiro atoms. The Kier molecular flexibility index (Phi) is 1.77. The van der Waals surface area contributed by atoms with E-state index in [1.807, 2.05) is 0 Å². The fourth-order valence-corrected chi connectivity index (χ4v) is 1.02. The molecule has 5 heteroatoms. The molecule has 0 fully saturated rings. The van der Waals surface area contributed by atoms with Crippen LogP contribution in [0, 0.1) is 5.82 Å². The van der Waals surface area contributed by atoms with Gasteiger partial charge in [0.15, 0.2) is 5.84 Å². The third kappa shape index (κ3) is 1.53. The van der Waals surface area contributed by atoms with Crippen molar-refractivity contribution in [1.29, 1.82) is 0 Å². The van der Waals surface area contributed by atoms with Crippen molar-refractivity contribution >= 4 is 11.7 Å². The van der Waals surface area contributed by atoms with E-state index in [1.54, 1.807) is 0 Å². The highest BCUT2D eigenvalue weighted by Gasteiger charge is 2.15. The predicted octanol–water partition coefficient (Wildman–Crippen LogP) is 0.0971. The number of aromatic nitrogens is 1. The van der Waals surface area contributed by atoms with Crippen LogP contribution in [-0.2, 0) is 4.79 Å². The van der Waals surface area contributed by atoms with Crippen LogP contribution in [0.4, 0.5) is 4.39 Å². The van der Waals surface area contributed by atoms with Gasteiger partial charge in [-0.05, 0) is 12.1 Å². The summed E-state index contributed by atoms with van der Waals surface area (Å²) in [6.45, 7) is 0.119. The zero-order valence-electron chi connectivity index (χ0n) is 6.62. The number of hydrogen-bond donors (Lipinski definition) is 1. The van der Waals surface area contributed by atoms with E-state index in [1.165, 1.54) is 12.1 Å². The maximum atomic E-state index is 12.5. The van der Waals surface area contributed by atoms with Gasteiger partial charge in [0, 0.05) is 0 Å². The van der Waals surface area contributed by atoms with Crippen LogP contribution < -0.4 is 5.32 Å². The minimum Gasteiger partial charge on any atom is -0.308 e. The van der Waals surface area contributed by atoms with Gasteiger partial charge in [-0.3, -0.25) is 9.79 Å². The fraction of sp³-hybridized carbons (Fsp3) is 0.125. The third-order valence-corrected chi connectivity index (χ3v) is 1.61. The van der Waals surface area contributed by atoms with Gasteiger partial charge < -0.3 is 5.32 Å². The third-order valence-electron chi connectivity index (χ3n) is 1.61. The Morgan fingerprint density at radius 3 is 2.85 bits per heavy atom. The van der Waals surface area contributed by atoms with Crippen molar-refractivity contribution in [3.05, 3.63) is 29.8 Å². The van der Waals surface area contributed by atoms with E-state index in [2.05, 4.69) is 15.3 Å². The molecule has 0 aromatic carbocycles. The molecular formula is C8H6FN3O. The summed E-state index contributed by atoms with van der Waals surface area (Å²) in [6, 6.07) is 2.75. The highest BCUT2D eigenvalue weighted by atomic mass is 19.1. The normalized spacial score (nSPS) is 15.5. The molecule has 1 aliphatic rings. The number of aliphatic imine (C=N–C) groups is 1. The van der Waals surface area contributed by atoms with Crippen molar-refractivity contribution in [2.45, 2.75) is 0 Å². The van der Waals surface area contributed by atoms with Gasteiger partial charge in [0.25, 0.3) is 0 Å². The first-order valence-corrected chi connectivity index (χ1v) is 3.72. The largest absolute Gasteiger partial charge is 0.308 e. The summed E-state index contributed by atoms with van der Waals surface area (Å²) in [5, 5.41) is 2.52. The van der Waals surface area contributed by atoms with E-state index in [0.29, 0.717) is 11.5 Å². The van der Waals surface area contributed by atoms with Gasteiger partial charge in [0.05, 0.1) is 6.20 Å². The van der Waals surface area contributed by atoms with E-state index in [-0.39, 0.29) is 12.5 Å². The first-order valence-electron chi connectivity index (χ1n) is 3.72. The summed E-state index contributed by atoms with van der Waals surface area (Å²) < 4.78 is 12.5. The van der Waals surface area contributed by atoms with Gasteiger partial charge in [0.1, 0.15) is 18.1 Å². The maximum absolute atomic E-state index is 12.5. The number of rotatable bonds is 1. The molecule has 13 heavy (non-hydrogen) atoms. The van der Waals surface area contributed by atoms with Crippen LogP contribution in [0.15, 0.2) is 23.3 Å². The Morgan fingerprint density at radius 2 is 2.31 bits per heavy atom. The molecule has 1 aliphatic heterocycles. The molecule has 0 aliphatic carbocycles. The number of hydrogen-bond acceptors (Lipinski definition) is 3. The van der Waals surface area contributed by atoms with Crippen LogP contribution >= 0.6 is 0 Å². The van der Waals surface area contributed by atoms with Crippen LogP contribution in [0.5, 0.6) is 0 Å². The Hall–Kier alpha value is -1.78. The molecular weight excluding hydrogens is 173 g/mol. The SMILES string of the molecule is O=C1CN=C(c2ccc(F)cn2)N1. The lowest BCUT2D eigenvalue weighted by Gasteiger charge is -1.98. The first-order chi connectivity index (χ1) is 6.25. The quantitative estimate of drug-likeness (QED) is 0.664. The van der Waals surface area contributed by atoms with Crippen molar-refractivity contribution in [3.8, 4) is 0 Å². The number of amides is 1. The standard InChI is InChI=1S/C8H6FN3O/c9-5-1-2-6(10-3-5)8-11-4-7(13)12-8/h1-3H,4H2,(H,11,12,13). The summed E-state index contributed by atoms with van der Waals surface area (Å²) in [5.41, 5.74) is 0.479. The second-order valence-corrected chi connectivity index (χ2v) is 2.57. The Bertz CT molecular complexity index is 371. The van der Waals surface area contributed by atoms with Crippen LogP contribution in [0.1, 0.15) is 5.69 Å². The van der Waals surface area contributed by atoms with Gasteiger partial charge >= 0.3 is 0 Å². The minimum atomic E-state index is -0.409. The smallest absolute Gasteiger partial charge is 0.247 e. The Labute approximate surface area is 73.5 Å². The number of carbonyl (C=O) groups is 1. The maximum Gasteiger partial charge on any atom is 0.247 e. The average Bonchev–Trinajstić information content (AvgIpc) is 2.53. The van der Waals surface area contributed by atoms with E-state index in [9.17, 15) is 9.18 Å². The van der Waals surface area contributed by atoms with Crippen molar-refractivity contribution in [2.75, 3.05) is 6.54 Å². The fourth-order valence-electron chi connectivity index (χ4n) is 1.02. The molecule has 0 unspecified atom stereocenters. The summed E-state index contributed by atoms with van der Waals surface area (Å²) in [5.74, 6) is -0.167. The average molecular weight is 179 g/mol. The van der Waals surface area contributed by atoms with Crippen molar-refractivity contribution in [1.82, 2.24) is 10.3 Å². The lowest BCUT2D eigenvalue weighted by atomic mass is 10.3. The second-order valence-electron chi connectivity index (χ2n) is 2.57. The van der Waals surface area contributed by atoms with Crippen LogP contribution in [0.25, 0.3) is 0 Å².